The summed E-state index contributed by atoms with van der Waals surface area (Å²) >= 11 is 0. The zero-order chi connectivity index (χ0) is 12.3. The Bertz CT molecular complexity index is 372. The zero-order valence-corrected chi connectivity index (χ0v) is 11.2. The molecule has 1 nitrogen and oxygen atoms in total. The first-order valence-electron chi connectivity index (χ1n) is 7.05. The fourth-order valence-corrected chi connectivity index (χ4v) is 3.09. The molecule has 0 heterocycles. The van der Waals surface area contributed by atoms with Gasteiger partial charge in [0.25, 0.3) is 0 Å². The van der Waals surface area contributed by atoms with Gasteiger partial charge in [0.15, 0.2) is 0 Å². The van der Waals surface area contributed by atoms with Crippen LogP contribution in [0.2, 0.25) is 0 Å². The minimum absolute atomic E-state index is 0.0573. The van der Waals surface area contributed by atoms with Gasteiger partial charge in [-0.2, -0.15) is 0 Å². The summed E-state index contributed by atoms with van der Waals surface area (Å²) in [5.74, 6) is 0.675. The highest BCUT2D eigenvalue weighted by molar-refractivity contribution is 5.38. The average molecular weight is 231 g/mol. The van der Waals surface area contributed by atoms with Gasteiger partial charge in [-0.1, -0.05) is 57.4 Å². The number of hydrogen-bond donors (Lipinski definition) is 1. The van der Waals surface area contributed by atoms with E-state index in [-0.39, 0.29) is 5.54 Å². The molecular formula is C16H25N. The first-order valence-corrected chi connectivity index (χ1v) is 7.05. The molecule has 1 aromatic carbocycles. The standard InChI is InChI=1S/C16H25N/c1-3-4-7-11-16(17)12-10-13(2)14-8-5-6-9-15(14)16/h5-6,8-9,13H,3-4,7,10-12,17H2,1-2H3. The molecule has 0 saturated heterocycles. The number of benzene rings is 1. The van der Waals surface area contributed by atoms with Gasteiger partial charge in [-0.3, -0.25) is 0 Å². The second-order valence-electron chi connectivity index (χ2n) is 5.64. The fourth-order valence-electron chi connectivity index (χ4n) is 3.09. The molecule has 94 valence electrons. The van der Waals surface area contributed by atoms with Crippen molar-refractivity contribution in [3.05, 3.63) is 35.4 Å². The summed E-state index contributed by atoms with van der Waals surface area (Å²) < 4.78 is 0. The summed E-state index contributed by atoms with van der Waals surface area (Å²) in [5, 5.41) is 0. The number of nitrogens with two attached hydrogens (primary N) is 1. The summed E-state index contributed by atoms with van der Waals surface area (Å²) in [6.07, 6.45) is 7.36. The van der Waals surface area contributed by atoms with Crippen LogP contribution in [0.3, 0.4) is 0 Å². The van der Waals surface area contributed by atoms with Gasteiger partial charge in [0.2, 0.25) is 0 Å². The Balaban J connectivity index is 2.22. The zero-order valence-electron chi connectivity index (χ0n) is 11.2. The second-order valence-corrected chi connectivity index (χ2v) is 5.64. The lowest BCUT2D eigenvalue weighted by Crippen LogP contribution is -2.40. The molecule has 0 aromatic heterocycles. The summed E-state index contributed by atoms with van der Waals surface area (Å²) in [7, 11) is 0. The van der Waals surface area contributed by atoms with Crippen molar-refractivity contribution in [1.29, 1.82) is 0 Å². The molecule has 2 N–H and O–H groups in total. The van der Waals surface area contributed by atoms with E-state index in [9.17, 15) is 0 Å². The van der Waals surface area contributed by atoms with E-state index in [0.717, 1.165) is 12.8 Å². The molecule has 17 heavy (non-hydrogen) atoms. The van der Waals surface area contributed by atoms with Crippen molar-refractivity contribution in [3.63, 3.8) is 0 Å². The lowest BCUT2D eigenvalue weighted by molar-refractivity contribution is 0.317. The van der Waals surface area contributed by atoms with Crippen LogP contribution in [-0.4, -0.2) is 0 Å². The van der Waals surface area contributed by atoms with Crippen LogP contribution in [0.5, 0.6) is 0 Å². The minimum Gasteiger partial charge on any atom is -0.321 e. The molecule has 0 spiro atoms. The third-order valence-electron chi connectivity index (χ3n) is 4.28. The summed E-state index contributed by atoms with van der Waals surface area (Å²) in [4.78, 5) is 0. The molecule has 1 aliphatic rings. The van der Waals surface area contributed by atoms with Crippen LogP contribution in [-0.2, 0) is 5.54 Å². The van der Waals surface area contributed by atoms with E-state index in [1.165, 1.54) is 36.8 Å². The Morgan fingerprint density at radius 1 is 1.29 bits per heavy atom. The van der Waals surface area contributed by atoms with Crippen molar-refractivity contribution in [2.45, 2.75) is 63.8 Å². The van der Waals surface area contributed by atoms with E-state index in [1.54, 1.807) is 0 Å². The van der Waals surface area contributed by atoms with Crippen LogP contribution in [0, 0.1) is 0 Å². The summed E-state index contributed by atoms with van der Waals surface area (Å²) in [6.45, 7) is 4.57. The van der Waals surface area contributed by atoms with Crippen LogP contribution in [0.4, 0.5) is 0 Å². The summed E-state index contributed by atoms with van der Waals surface area (Å²) in [6, 6.07) is 8.79. The van der Waals surface area contributed by atoms with Gasteiger partial charge in [-0.15, -0.1) is 0 Å². The monoisotopic (exact) mass is 231 g/mol. The number of fused-ring (bicyclic) bond motifs is 1. The normalized spacial score (nSPS) is 27.8. The molecule has 0 aliphatic heterocycles. The topological polar surface area (TPSA) is 26.0 Å². The molecule has 0 radical (unpaired) electrons. The van der Waals surface area contributed by atoms with Crippen molar-refractivity contribution in [3.8, 4) is 0 Å². The predicted octanol–water partition coefficient (Wildman–Crippen LogP) is 4.32. The van der Waals surface area contributed by atoms with E-state index < -0.39 is 0 Å². The van der Waals surface area contributed by atoms with Crippen molar-refractivity contribution in [1.82, 2.24) is 0 Å². The van der Waals surface area contributed by atoms with Gasteiger partial charge in [-0.05, 0) is 36.3 Å². The van der Waals surface area contributed by atoms with Crippen molar-refractivity contribution in [2.75, 3.05) is 0 Å². The van der Waals surface area contributed by atoms with Gasteiger partial charge in [0, 0.05) is 5.54 Å². The third kappa shape index (κ3) is 2.55. The van der Waals surface area contributed by atoms with Crippen LogP contribution in [0.15, 0.2) is 24.3 Å². The SMILES string of the molecule is CCCCCC1(N)CCC(C)c2ccccc21. The van der Waals surface area contributed by atoms with Gasteiger partial charge < -0.3 is 5.73 Å². The molecule has 1 aromatic rings. The molecule has 1 aliphatic carbocycles. The highest BCUT2D eigenvalue weighted by atomic mass is 14.7. The number of hydrogen-bond acceptors (Lipinski definition) is 1. The molecule has 2 unspecified atom stereocenters. The van der Waals surface area contributed by atoms with E-state index >= 15 is 0 Å². The quantitative estimate of drug-likeness (QED) is 0.767. The molecule has 1 heteroatoms. The van der Waals surface area contributed by atoms with Crippen molar-refractivity contribution < 1.29 is 0 Å². The Hall–Kier alpha value is -0.820. The molecule has 0 saturated carbocycles. The van der Waals surface area contributed by atoms with Crippen molar-refractivity contribution >= 4 is 0 Å². The minimum atomic E-state index is -0.0573. The Morgan fingerprint density at radius 3 is 2.82 bits per heavy atom. The maximum absolute atomic E-state index is 6.67. The maximum Gasteiger partial charge on any atom is 0.0412 e. The smallest absolute Gasteiger partial charge is 0.0412 e. The molecule has 0 bridgehead atoms. The Kier molecular flexibility index (Phi) is 3.88. The van der Waals surface area contributed by atoms with Gasteiger partial charge in [-0.25, -0.2) is 0 Å². The predicted molar refractivity (Wildman–Crippen MR) is 74.1 cm³/mol. The van der Waals surface area contributed by atoms with Crippen LogP contribution in [0.25, 0.3) is 0 Å². The molecule has 2 atom stereocenters. The van der Waals surface area contributed by atoms with Crippen molar-refractivity contribution in [2.24, 2.45) is 5.73 Å². The first-order chi connectivity index (χ1) is 8.17. The van der Waals surface area contributed by atoms with E-state index in [2.05, 4.69) is 38.1 Å². The highest BCUT2D eigenvalue weighted by Crippen LogP contribution is 2.42. The number of unbranched alkanes of at least 4 members (excludes halogenated alkanes) is 2. The average Bonchev–Trinajstić information content (AvgIpc) is 2.35. The lowest BCUT2D eigenvalue weighted by Gasteiger charge is -2.38. The Morgan fingerprint density at radius 2 is 2.06 bits per heavy atom. The molecular weight excluding hydrogens is 206 g/mol. The van der Waals surface area contributed by atoms with E-state index in [1.807, 2.05) is 0 Å². The first kappa shape index (κ1) is 12.6. The molecule has 2 rings (SSSR count). The Labute approximate surface area is 105 Å². The highest BCUT2D eigenvalue weighted by Gasteiger charge is 2.34. The third-order valence-corrected chi connectivity index (χ3v) is 4.28. The van der Waals surface area contributed by atoms with Gasteiger partial charge >= 0.3 is 0 Å². The maximum atomic E-state index is 6.67. The number of rotatable bonds is 4. The van der Waals surface area contributed by atoms with Gasteiger partial charge in [0.05, 0.1) is 0 Å². The van der Waals surface area contributed by atoms with Crippen LogP contribution in [0.1, 0.15) is 69.4 Å². The van der Waals surface area contributed by atoms with Gasteiger partial charge in [0.1, 0.15) is 0 Å². The molecule has 0 amide bonds. The fraction of sp³-hybridized carbons (Fsp3) is 0.625. The lowest BCUT2D eigenvalue weighted by atomic mass is 9.71. The molecule has 0 fully saturated rings. The van der Waals surface area contributed by atoms with E-state index in [4.69, 9.17) is 5.73 Å². The van der Waals surface area contributed by atoms with Crippen LogP contribution >= 0.6 is 0 Å². The second kappa shape index (κ2) is 5.22. The van der Waals surface area contributed by atoms with Crippen LogP contribution < -0.4 is 5.73 Å². The largest absolute Gasteiger partial charge is 0.321 e. The van der Waals surface area contributed by atoms with E-state index in [0.29, 0.717) is 5.92 Å². The summed E-state index contributed by atoms with van der Waals surface area (Å²) in [5.41, 5.74) is 9.51.